The van der Waals surface area contributed by atoms with Gasteiger partial charge in [0.2, 0.25) is 5.52 Å². The highest BCUT2D eigenvalue weighted by Gasteiger charge is 2.19. The fourth-order valence-corrected chi connectivity index (χ4v) is 3.40. The normalized spacial score (nSPS) is 10.8. The molecule has 4 heteroatoms. The quantitative estimate of drug-likeness (QED) is 0.316. The Balaban J connectivity index is 0.00000182. The van der Waals surface area contributed by atoms with Gasteiger partial charge in [-0.2, -0.15) is 4.57 Å². The summed E-state index contributed by atoms with van der Waals surface area (Å²) in [7, 11) is 2.12. The molecule has 0 spiro atoms. The number of aromatic nitrogens is 1. The van der Waals surface area contributed by atoms with Crippen LogP contribution in [0.5, 0.6) is 0 Å². The number of hydrogen-bond acceptors (Lipinski definition) is 2. The fraction of sp³-hybridized carbons (Fsp3) is 0.0952. The summed E-state index contributed by atoms with van der Waals surface area (Å²) in [5.74, 6) is 0. The molecule has 0 bridgehead atoms. The highest BCUT2D eigenvalue weighted by molar-refractivity contribution is 6.05. The monoisotopic (exact) mass is 349 g/mol. The van der Waals surface area contributed by atoms with Crippen molar-refractivity contribution in [1.82, 2.24) is 0 Å². The molecule has 0 aliphatic heterocycles. The van der Waals surface area contributed by atoms with E-state index in [1.807, 2.05) is 18.2 Å². The maximum atomic E-state index is 6.07. The molecule has 4 rings (SSSR count). The fourth-order valence-electron chi connectivity index (χ4n) is 3.40. The summed E-state index contributed by atoms with van der Waals surface area (Å²) in [5.41, 5.74) is 17.2. The highest BCUT2D eigenvalue weighted by Crippen LogP contribution is 2.28. The van der Waals surface area contributed by atoms with Crippen molar-refractivity contribution in [2.45, 2.75) is 6.42 Å². The SMILES string of the molecule is C[n+]1c(Cc2ccc(N)cc2)c2cc(N)ccc2c2ccccc21.[Cl-]. The standard InChI is InChI=1S/C21H20N3.ClH/c1-24-20-5-3-2-4-18(20)17-11-10-16(23)13-19(17)21(24)12-14-6-8-15(22)9-7-14;/h2-11,13H,12,22-23H2,1H3;1H/q+1;/p-1. The van der Waals surface area contributed by atoms with Gasteiger partial charge in [-0.1, -0.05) is 30.3 Å². The molecule has 0 atom stereocenters. The molecule has 4 aromatic rings. The zero-order valence-electron chi connectivity index (χ0n) is 14.0. The molecule has 3 nitrogen and oxygen atoms in total. The minimum absolute atomic E-state index is 0. The number of anilines is 2. The molecule has 126 valence electrons. The lowest BCUT2D eigenvalue weighted by Crippen LogP contribution is -3.00. The van der Waals surface area contributed by atoms with Gasteiger partial charge in [0, 0.05) is 22.8 Å². The zero-order valence-corrected chi connectivity index (χ0v) is 14.8. The molecule has 4 N–H and O–H groups in total. The Morgan fingerprint density at radius 2 is 1.44 bits per heavy atom. The number of halogens is 1. The van der Waals surface area contributed by atoms with Crippen molar-refractivity contribution >= 4 is 33.1 Å². The summed E-state index contributed by atoms with van der Waals surface area (Å²) < 4.78 is 2.27. The average molecular weight is 350 g/mol. The molecule has 1 heterocycles. The predicted molar refractivity (Wildman–Crippen MR) is 101 cm³/mol. The molecule has 0 aliphatic rings. The molecular weight excluding hydrogens is 330 g/mol. The van der Waals surface area contributed by atoms with Crippen molar-refractivity contribution in [3.05, 3.63) is 78.0 Å². The van der Waals surface area contributed by atoms with Gasteiger partial charge in [0.15, 0.2) is 5.69 Å². The van der Waals surface area contributed by atoms with Crippen molar-refractivity contribution in [2.24, 2.45) is 7.05 Å². The number of nitrogens with zero attached hydrogens (tertiary/aromatic N) is 1. The van der Waals surface area contributed by atoms with E-state index in [9.17, 15) is 0 Å². The number of hydrogen-bond donors (Lipinski definition) is 2. The number of benzene rings is 3. The van der Waals surface area contributed by atoms with E-state index in [4.69, 9.17) is 11.5 Å². The summed E-state index contributed by atoms with van der Waals surface area (Å²) in [6.07, 6.45) is 0.835. The summed E-state index contributed by atoms with van der Waals surface area (Å²) >= 11 is 0. The van der Waals surface area contributed by atoms with Crippen LogP contribution in [-0.2, 0) is 13.5 Å². The first-order valence-corrected chi connectivity index (χ1v) is 8.07. The van der Waals surface area contributed by atoms with Crippen molar-refractivity contribution in [1.29, 1.82) is 0 Å². The molecular formula is C21H20ClN3. The minimum Gasteiger partial charge on any atom is -1.00 e. The molecule has 0 fully saturated rings. The van der Waals surface area contributed by atoms with Gasteiger partial charge in [-0.05, 0) is 35.9 Å². The Morgan fingerprint density at radius 3 is 2.20 bits per heavy atom. The van der Waals surface area contributed by atoms with Gasteiger partial charge in [-0.25, -0.2) is 0 Å². The highest BCUT2D eigenvalue weighted by atomic mass is 35.5. The minimum atomic E-state index is 0. The molecule has 0 radical (unpaired) electrons. The van der Waals surface area contributed by atoms with E-state index in [1.165, 1.54) is 32.9 Å². The molecule has 0 unspecified atom stereocenters. The number of para-hydroxylation sites is 1. The third-order valence-electron chi connectivity index (χ3n) is 4.67. The zero-order chi connectivity index (χ0) is 16.7. The molecule has 25 heavy (non-hydrogen) atoms. The van der Waals surface area contributed by atoms with E-state index >= 15 is 0 Å². The molecule has 3 aromatic carbocycles. The van der Waals surface area contributed by atoms with E-state index in [1.54, 1.807) is 0 Å². The Kier molecular flexibility index (Phi) is 4.51. The Labute approximate surface area is 153 Å². The van der Waals surface area contributed by atoms with Crippen molar-refractivity contribution in [3.8, 4) is 0 Å². The number of aryl methyl sites for hydroxylation is 1. The van der Waals surface area contributed by atoms with Crippen LogP contribution in [0.1, 0.15) is 11.3 Å². The topological polar surface area (TPSA) is 55.9 Å². The Hall–Kier alpha value is -2.78. The lowest BCUT2D eigenvalue weighted by Gasteiger charge is -2.10. The number of nitrogens with two attached hydrogens (primary N) is 2. The second-order valence-electron chi connectivity index (χ2n) is 6.25. The second kappa shape index (κ2) is 6.61. The van der Waals surface area contributed by atoms with Crippen LogP contribution in [0.4, 0.5) is 11.4 Å². The van der Waals surface area contributed by atoms with Gasteiger partial charge < -0.3 is 23.9 Å². The third-order valence-corrected chi connectivity index (χ3v) is 4.67. The molecule has 0 saturated carbocycles. The molecule has 0 amide bonds. The van der Waals surface area contributed by atoms with Crippen LogP contribution in [0.2, 0.25) is 0 Å². The van der Waals surface area contributed by atoms with Crippen LogP contribution in [0.3, 0.4) is 0 Å². The first kappa shape index (κ1) is 17.1. The van der Waals surface area contributed by atoms with Gasteiger partial charge in [0.05, 0.1) is 17.2 Å². The van der Waals surface area contributed by atoms with Crippen LogP contribution in [0, 0.1) is 0 Å². The van der Waals surface area contributed by atoms with E-state index < -0.39 is 0 Å². The summed E-state index contributed by atoms with van der Waals surface area (Å²) in [6, 6.07) is 22.7. The Morgan fingerprint density at radius 1 is 0.760 bits per heavy atom. The number of nitrogen functional groups attached to an aromatic ring is 2. The second-order valence-corrected chi connectivity index (χ2v) is 6.25. The van der Waals surface area contributed by atoms with E-state index in [2.05, 4.69) is 60.1 Å². The number of pyridine rings is 1. The number of rotatable bonds is 2. The first-order chi connectivity index (χ1) is 11.6. The van der Waals surface area contributed by atoms with Crippen molar-refractivity contribution < 1.29 is 17.0 Å². The largest absolute Gasteiger partial charge is 1.00 e. The summed E-state index contributed by atoms with van der Waals surface area (Å²) in [4.78, 5) is 0. The van der Waals surface area contributed by atoms with Gasteiger partial charge in [0.1, 0.15) is 7.05 Å². The van der Waals surface area contributed by atoms with Gasteiger partial charge >= 0.3 is 0 Å². The average Bonchev–Trinajstić information content (AvgIpc) is 2.60. The predicted octanol–water partition coefficient (Wildman–Crippen LogP) is 0.577. The van der Waals surface area contributed by atoms with Crippen LogP contribution in [0.25, 0.3) is 21.7 Å². The lowest BCUT2D eigenvalue weighted by molar-refractivity contribution is -0.651. The smallest absolute Gasteiger partial charge is 0.213 e. The molecule has 0 saturated heterocycles. The van der Waals surface area contributed by atoms with Crippen LogP contribution in [0.15, 0.2) is 66.7 Å². The van der Waals surface area contributed by atoms with E-state index in [0.29, 0.717) is 0 Å². The van der Waals surface area contributed by atoms with Crippen molar-refractivity contribution in [2.75, 3.05) is 11.5 Å². The summed E-state index contributed by atoms with van der Waals surface area (Å²) in [6.45, 7) is 0. The van der Waals surface area contributed by atoms with Gasteiger partial charge in [0.25, 0.3) is 0 Å². The summed E-state index contributed by atoms with van der Waals surface area (Å²) in [5, 5.41) is 3.69. The van der Waals surface area contributed by atoms with Crippen LogP contribution >= 0.6 is 0 Å². The van der Waals surface area contributed by atoms with Crippen LogP contribution < -0.4 is 28.4 Å². The van der Waals surface area contributed by atoms with Gasteiger partial charge in [-0.15, -0.1) is 0 Å². The van der Waals surface area contributed by atoms with Crippen LogP contribution in [-0.4, -0.2) is 0 Å². The number of fused-ring (bicyclic) bond motifs is 3. The van der Waals surface area contributed by atoms with Crippen molar-refractivity contribution in [3.63, 3.8) is 0 Å². The maximum absolute atomic E-state index is 6.07. The van der Waals surface area contributed by atoms with E-state index in [-0.39, 0.29) is 12.4 Å². The van der Waals surface area contributed by atoms with Gasteiger partial charge in [-0.3, -0.25) is 0 Å². The lowest BCUT2D eigenvalue weighted by atomic mass is 9.98. The molecule has 0 aliphatic carbocycles. The maximum Gasteiger partial charge on any atom is 0.213 e. The Bertz CT molecular complexity index is 1060. The first-order valence-electron chi connectivity index (χ1n) is 8.07. The molecule has 1 aromatic heterocycles. The third kappa shape index (κ3) is 2.99. The van der Waals surface area contributed by atoms with E-state index in [0.717, 1.165) is 17.8 Å².